The van der Waals surface area contributed by atoms with Crippen LogP contribution in [-0.4, -0.2) is 40.2 Å². The Kier molecular flexibility index (Phi) is 3.12. The number of aliphatic hydroxyl groups is 1. The number of rotatable bonds is 3. The summed E-state index contributed by atoms with van der Waals surface area (Å²) in [6.45, 7) is 2.36. The third-order valence-corrected chi connectivity index (χ3v) is 4.37. The second kappa shape index (κ2) is 4.75. The summed E-state index contributed by atoms with van der Waals surface area (Å²) in [7, 11) is 0. The molecule has 4 heterocycles. The summed E-state index contributed by atoms with van der Waals surface area (Å²) in [6, 6.07) is 4.48. The number of piperidine rings is 3. The second-order valence-corrected chi connectivity index (χ2v) is 5.33. The lowest BCUT2D eigenvalue weighted by atomic mass is 9.79. The lowest BCUT2D eigenvalue weighted by Crippen LogP contribution is -2.57. The fraction of sp³-hybridized carbons (Fsp3) is 0.643. The van der Waals surface area contributed by atoms with E-state index < -0.39 is 0 Å². The van der Waals surface area contributed by atoms with Crippen LogP contribution in [0.1, 0.15) is 24.8 Å². The molecule has 3 nitrogen and oxygen atoms in total. The van der Waals surface area contributed by atoms with Crippen molar-refractivity contribution in [1.82, 2.24) is 9.88 Å². The molecule has 2 atom stereocenters. The summed E-state index contributed by atoms with van der Waals surface area (Å²) >= 11 is 0. The van der Waals surface area contributed by atoms with Crippen molar-refractivity contribution in [3.8, 4) is 0 Å². The summed E-state index contributed by atoms with van der Waals surface area (Å²) in [5.41, 5.74) is 1.28. The molecule has 0 spiro atoms. The van der Waals surface area contributed by atoms with Crippen molar-refractivity contribution < 1.29 is 5.11 Å². The molecule has 4 rings (SSSR count). The average molecular weight is 232 g/mol. The fourth-order valence-electron chi connectivity index (χ4n) is 3.34. The normalized spacial score (nSPS) is 36.1. The Morgan fingerprint density at radius 1 is 1.35 bits per heavy atom. The zero-order valence-electron chi connectivity index (χ0n) is 10.1. The number of hydrogen-bond acceptors (Lipinski definition) is 3. The van der Waals surface area contributed by atoms with Gasteiger partial charge in [-0.2, -0.15) is 0 Å². The molecule has 0 aromatic carbocycles. The van der Waals surface area contributed by atoms with Gasteiger partial charge in [-0.25, -0.2) is 0 Å². The van der Waals surface area contributed by atoms with Gasteiger partial charge in [-0.1, -0.05) is 6.07 Å². The molecule has 92 valence electrons. The minimum absolute atomic E-state index is 0.103. The van der Waals surface area contributed by atoms with Crippen molar-refractivity contribution >= 4 is 0 Å². The third-order valence-electron chi connectivity index (χ3n) is 4.37. The van der Waals surface area contributed by atoms with Crippen LogP contribution in [0.25, 0.3) is 0 Å². The van der Waals surface area contributed by atoms with Gasteiger partial charge in [-0.3, -0.25) is 9.88 Å². The van der Waals surface area contributed by atoms with Crippen molar-refractivity contribution in [1.29, 1.82) is 0 Å². The van der Waals surface area contributed by atoms with Crippen LogP contribution in [0.2, 0.25) is 0 Å². The Bertz CT molecular complexity index is 358. The smallest absolute Gasteiger partial charge is 0.0724 e. The number of pyridine rings is 1. The highest BCUT2D eigenvalue weighted by molar-refractivity contribution is 5.09. The van der Waals surface area contributed by atoms with E-state index in [4.69, 9.17) is 0 Å². The largest absolute Gasteiger partial charge is 0.391 e. The van der Waals surface area contributed by atoms with Crippen LogP contribution in [0.3, 0.4) is 0 Å². The SMILES string of the molecule is OC1C2CCN(CC2)C1CCc1cccnc1. The maximum Gasteiger partial charge on any atom is 0.0724 e. The second-order valence-electron chi connectivity index (χ2n) is 5.33. The molecule has 3 heteroatoms. The molecule has 1 N–H and O–H groups in total. The Hall–Kier alpha value is -0.930. The zero-order valence-corrected chi connectivity index (χ0v) is 10.1. The van der Waals surface area contributed by atoms with Crippen LogP contribution >= 0.6 is 0 Å². The van der Waals surface area contributed by atoms with Gasteiger partial charge in [-0.05, 0) is 56.3 Å². The van der Waals surface area contributed by atoms with E-state index in [2.05, 4.69) is 16.0 Å². The quantitative estimate of drug-likeness (QED) is 0.857. The maximum atomic E-state index is 10.3. The standard InChI is InChI=1S/C14H20N2O/c17-14-12-5-8-16(9-6-12)13(14)4-3-11-2-1-7-15-10-11/h1-2,7,10,12-14,17H,3-6,8-9H2. The van der Waals surface area contributed by atoms with Gasteiger partial charge in [0.1, 0.15) is 0 Å². The van der Waals surface area contributed by atoms with Crippen LogP contribution in [0.4, 0.5) is 0 Å². The maximum absolute atomic E-state index is 10.3. The average Bonchev–Trinajstić information content (AvgIpc) is 2.40. The molecule has 1 aromatic rings. The zero-order chi connectivity index (χ0) is 11.7. The first-order valence-corrected chi connectivity index (χ1v) is 6.65. The summed E-state index contributed by atoms with van der Waals surface area (Å²) < 4.78 is 0. The first kappa shape index (κ1) is 11.2. The number of nitrogens with zero attached hydrogens (tertiary/aromatic N) is 2. The Morgan fingerprint density at radius 2 is 2.18 bits per heavy atom. The highest BCUT2D eigenvalue weighted by atomic mass is 16.3. The van der Waals surface area contributed by atoms with E-state index in [1.54, 1.807) is 0 Å². The topological polar surface area (TPSA) is 36.4 Å². The Labute approximate surface area is 102 Å². The van der Waals surface area contributed by atoms with E-state index in [0.717, 1.165) is 12.8 Å². The van der Waals surface area contributed by atoms with Crippen molar-refractivity contribution in [3.05, 3.63) is 30.1 Å². The Morgan fingerprint density at radius 3 is 2.82 bits per heavy atom. The van der Waals surface area contributed by atoms with Gasteiger partial charge >= 0.3 is 0 Å². The molecule has 0 aliphatic carbocycles. The molecular weight excluding hydrogens is 212 g/mol. The number of fused-ring (bicyclic) bond motifs is 3. The van der Waals surface area contributed by atoms with Crippen molar-refractivity contribution in [2.75, 3.05) is 13.1 Å². The van der Waals surface area contributed by atoms with Gasteiger partial charge in [0.15, 0.2) is 0 Å². The summed E-state index contributed by atoms with van der Waals surface area (Å²) in [6.07, 6.45) is 8.10. The highest BCUT2D eigenvalue weighted by Gasteiger charge is 2.40. The number of aliphatic hydroxyl groups excluding tert-OH is 1. The fourth-order valence-corrected chi connectivity index (χ4v) is 3.34. The molecule has 3 fully saturated rings. The van der Waals surface area contributed by atoms with Crippen molar-refractivity contribution in [2.24, 2.45) is 5.92 Å². The van der Waals surface area contributed by atoms with Gasteiger partial charge in [0.05, 0.1) is 6.10 Å². The first-order valence-electron chi connectivity index (χ1n) is 6.65. The van der Waals surface area contributed by atoms with E-state index in [1.165, 1.54) is 31.5 Å². The third kappa shape index (κ3) is 2.22. The lowest BCUT2D eigenvalue weighted by molar-refractivity contribution is -0.0744. The molecule has 1 aromatic heterocycles. The summed E-state index contributed by atoms with van der Waals surface area (Å²) in [5, 5.41) is 10.3. The molecule has 2 bridgehead atoms. The number of aryl methyl sites for hydroxylation is 1. The monoisotopic (exact) mass is 232 g/mol. The van der Waals surface area contributed by atoms with Gasteiger partial charge in [-0.15, -0.1) is 0 Å². The van der Waals surface area contributed by atoms with Gasteiger partial charge in [0.25, 0.3) is 0 Å². The number of hydrogen-bond donors (Lipinski definition) is 1. The van der Waals surface area contributed by atoms with Crippen LogP contribution < -0.4 is 0 Å². The predicted molar refractivity (Wildman–Crippen MR) is 66.6 cm³/mol. The van der Waals surface area contributed by atoms with Crippen LogP contribution in [0, 0.1) is 5.92 Å². The minimum Gasteiger partial charge on any atom is -0.391 e. The molecule has 3 aliphatic rings. The van der Waals surface area contributed by atoms with Crippen LogP contribution in [0.15, 0.2) is 24.5 Å². The Balaban J connectivity index is 1.62. The van der Waals surface area contributed by atoms with Gasteiger partial charge in [0, 0.05) is 18.4 Å². The lowest BCUT2D eigenvalue weighted by Gasteiger charge is -2.49. The van der Waals surface area contributed by atoms with E-state index in [9.17, 15) is 5.11 Å². The number of aromatic nitrogens is 1. The molecule has 0 amide bonds. The molecular formula is C14H20N2O. The predicted octanol–water partition coefficient (Wildman–Crippen LogP) is 1.47. The minimum atomic E-state index is -0.103. The van der Waals surface area contributed by atoms with Crippen molar-refractivity contribution in [2.45, 2.75) is 37.8 Å². The molecule has 0 saturated carbocycles. The van der Waals surface area contributed by atoms with E-state index in [0.29, 0.717) is 12.0 Å². The molecule has 2 unspecified atom stereocenters. The first-order chi connectivity index (χ1) is 8.34. The van der Waals surface area contributed by atoms with Crippen LogP contribution in [0.5, 0.6) is 0 Å². The van der Waals surface area contributed by atoms with E-state index >= 15 is 0 Å². The highest BCUT2D eigenvalue weighted by Crippen LogP contribution is 2.34. The molecule has 17 heavy (non-hydrogen) atoms. The van der Waals surface area contributed by atoms with Crippen molar-refractivity contribution in [3.63, 3.8) is 0 Å². The molecule has 0 radical (unpaired) electrons. The van der Waals surface area contributed by atoms with Crippen LogP contribution in [-0.2, 0) is 6.42 Å². The van der Waals surface area contributed by atoms with E-state index in [1.807, 2.05) is 18.5 Å². The van der Waals surface area contributed by atoms with Gasteiger partial charge in [0.2, 0.25) is 0 Å². The van der Waals surface area contributed by atoms with Gasteiger partial charge < -0.3 is 5.11 Å². The molecule has 3 saturated heterocycles. The van der Waals surface area contributed by atoms with E-state index in [-0.39, 0.29) is 6.10 Å². The summed E-state index contributed by atoms with van der Waals surface area (Å²) in [4.78, 5) is 6.61. The summed E-state index contributed by atoms with van der Waals surface area (Å²) in [5.74, 6) is 0.555. The molecule has 3 aliphatic heterocycles.